The molecule has 1 saturated heterocycles. The van der Waals surface area contributed by atoms with Crippen molar-refractivity contribution in [3.8, 4) is 0 Å². The standard InChI is InChI=1S/C14H21N3O2S.HI/c1-11-4-2-6-13(8-11)17-14(15)16-9-12-5-3-7-20(18,19)10-12;/h2,4,6,8,12H,3,5,7,9-10H2,1H3,(H3,15,16,17);1H. The Kier molecular flexibility index (Phi) is 6.92. The molecule has 1 aromatic rings. The number of rotatable bonds is 3. The van der Waals surface area contributed by atoms with Gasteiger partial charge in [-0.25, -0.2) is 8.42 Å². The molecule has 1 aliphatic heterocycles. The van der Waals surface area contributed by atoms with Crippen LogP contribution in [0.5, 0.6) is 0 Å². The smallest absolute Gasteiger partial charge is 0.193 e. The van der Waals surface area contributed by atoms with Gasteiger partial charge in [-0.2, -0.15) is 0 Å². The number of hydrogen-bond donors (Lipinski definition) is 2. The lowest BCUT2D eigenvalue weighted by atomic mass is 10.1. The van der Waals surface area contributed by atoms with Gasteiger partial charge >= 0.3 is 0 Å². The average Bonchev–Trinajstić information content (AvgIpc) is 2.35. The number of nitrogens with one attached hydrogen (secondary N) is 1. The fraction of sp³-hybridized carbons (Fsp3) is 0.500. The monoisotopic (exact) mass is 423 g/mol. The minimum absolute atomic E-state index is 0. The molecular weight excluding hydrogens is 401 g/mol. The summed E-state index contributed by atoms with van der Waals surface area (Å²) < 4.78 is 23.1. The summed E-state index contributed by atoms with van der Waals surface area (Å²) in [5.41, 5.74) is 7.86. The number of aliphatic imine (C=N–C) groups is 1. The fourth-order valence-corrected chi connectivity index (χ4v) is 4.16. The Morgan fingerprint density at radius 1 is 1.48 bits per heavy atom. The Bertz CT molecular complexity index is 602. The van der Waals surface area contributed by atoms with Crippen LogP contribution in [0.15, 0.2) is 29.3 Å². The van der Waals surface area contributed by atoms with E-state index in [0.717, 1.165) is 24.1 Å². The number of nitrogens with two attached hydrogens (primary N) is 1. The summed E-state index contributed by atoms with van der Waals surface area (Å²) in [5, 5.41) is 3.02. The van der Waals surface area contributed by atoms with Crippen molar-refractivity contribution in [2.24, 2.45) is 16.6 Å². The molecule has 0 spiro atoms. The molecule has 0 amide bonds. The Morgan fingerprint density at radius 2 is 2.24 bits per heavy atom. The van der Waals surface area contributed by atoms with Gasteiger partial charge in [-0.05, 0) is 43.4 Å². The molecule has 0 saturated carbocycles. The van der Waals surface area contributed by atoms with Crippen molar-refractivity contribution in [1.29, 1.82) is 0 Å². The van der Waals surface area contributed by atoms with Gasteiger partial charge in [-0.1, -0.05) is 12.1 Å². The highest BCUT2D eigenvalue weighted by Gasteiger charge is 2.24. The second-order valence-electron chi connectivity index (χ2n) is 5.34. The summed E-state index contributed by atoms with van der Waals surface area (Å²) in [6.45, 7) is 2.47. The van der Waals surface area contributed by atoms with E-state index in [-0.39, 0.29) is 35.6 Å². The molecule has 118 valence electrons. The zero-order valence-corrected chi connectivity index (χ0v) is 15.2. The largest absolute Gasteiger partial charge is 0.370 e. The van der Waals surface area contributed by atoms with Crippen LogP contribution in [0.4, 0.5) is 5.69 Å². The molecule has 3 N–H and O–H groups in total. The first kappa shape index (κ1) is 18.2. The molecule has 1 unspecified atom stereocenters. The number of guanidine groups is 1. The van der Waals surface area contributed by atoms with Gasteiger partial charge in [0.05, 0.1) is 11.5 Å². The van der Waals surface area contributed by atoms with Gasteiger partial charge in [0.15, 0.2) is 15.8 Å². The van der Waals surface area contributed by atoms with E-state index in [1.165, 1.54) is 0 Å². The molecule has 1 heterocycles. The van der Waals surface area contributed by atoms with Gasteiger partial charge < -0.3 is 11.1 Å². The minimum Gasteiger partial charge on any atom is -0.370 e. The predicted octanol–water partition coefficient (Wildman–Crippen LogP) is 2.16. The van der Waals surface area contributed by atoms with Crippen molar-refractivity contribution >= 4 is 45.5 Å². The second-order valence-corrected chi connectivity index (χ2v) is 7.57. The van der Waals surface area contributed by atoms with E-state index in [1.807, 2.05) is 31.2 Å². The molecule has 0 aromatic heterocycles. The molecule has 1 atom stereocenters. The first-order chi connectivity index (χ1) is 9.44. The van der Waals surface area contributed by atoms with Crippen molar-refractivity contribution in [3.63, 3.8) is 0 Å². The van der Waals surface area contributed by atoms with Crippen molar-refractivity contribution < 1.29 is 8.42 Å². The van der Waals surface area contributed by atoms with E-state index in [0.29, 0.717) is 18.3 Å². The lowest BCUT2D eigenvalue weighted by Crippen LogP contribution is -2.29. The van der Waals surface area contributed by atoms with Gasteiger partial charge in [0.25, 0.3) is 0 Å². The first-order valence-electron chi connectivity index (χ1n) is 6.79. The summed E-state index contributed by atoms with van der Waals surface area (Å²) in [5.74, 6) is 0.962. The minimum atomic E-state index is -2.87. The third kappa shape index (κ3) is 6.21. The zero-order chi connectivity index (χ0) is 14.6. The van der Waals surface area contributed by atoms with Crippen LogP contribution in [0.25, 0.3) is 0 Å². The van der Waals surface area contributed by atoms with E-state index >= 15 is 0 Å². The molecule has 0 aliphatic carbocycles. The molecule has 1 aromatic carbocycles. The average molecular weight is 423 g/mol. The molecule has 1 aliphatic rings. The summed E-state index contributed by atoms with van der Waals surface area (Å²) in [6.07, 6.45) is 1.63. The molecule has 5 nitrogen and oxygen atoms in total. The van der Waals surface area contributed by atoms with Gasteiger partial charge in [-0.3, -0.25) is 4.99 Å². The maximum Gasteiger partial charge on any atom is 0.193 e. The highest BCUT2D eigenvalue weighted by atomic mass is 127. The van der Waals surface area contributed by atoms with Gasteiger partial charge in [0.2, 0.25) is 0 Å². The van der Waals surface area contributed by atoms with Crippen LogP contribution in [0.3, 0.4) is 0 Å². The number of halogens is 1. The van der Waals surface area contributed by atoms with Crippen LogP contribution in [-0.4, -0.2) is 32.4 Å². The van der Waals surface area contributed by atoms with Crippen molar-refractivity contribution in [3.05, 3.63) is 29.8 Å². The summed E-state index contributed by atoms with van der Waals surface area (Å²) in [7, 11) is -2.87. The highest BCUT2D eigenvalue weighted by Crippen LogP contribution is 2.18. The van der Waals surface area contributed by atoms with E-state index in [9.17, 15) is 8.42 Å². The zero-order valence-electron chi connectivity index (χ0n) is 12.1. The Labute approximate surface area is 143 Å². The third-order valence-corrected chi connectivity index (χ3v) is 5.26. The first-order valence-corrected chi connectivity index (χ1v) is 8.61. The van der Waals surface area contributed by atoms with Crippen molar-refractivity contribution in [1.82, 2.24) is 0 Å². The second kappa shape index (κ2) is 7.98. The SMILES string of the molecule is Cc1cccc(NC(N)=NCC2CCCS(=O)(=O)C2)c1.I. The van der Waals surface area contributed by atoms with E-state index in [4.69, 9.17) is 5.73 Å². The number of aryl methyl sites for hydroxylation is 1. The lowest BCUT2D eigenvalue weighted by Gasteiger charge is -2.20. The Balaban J connectivity index is 0.00000220. The molecule has 1 fully saturated rings. The maximum atomic E-state index is 11.5. The molecule has 2 rings (SSSR count). The predicted molar refractivity (Wildman–Crippen MR) is 98.1 cm³/mol. The van der Waals surface area contributed by atoms with Crippen LogP contribution in [0.2, 0.25) is 0 Å². The number of hydrogen-bond acceptors (Lipinski definition) is 3. The highest BCUT2D eigenvalue weighted by molar-refractivity contribution is 14.0. The number of anilines is 1. The number of sulfone groups is 1. The van der Waals surface area contributed by atoms with E-state index < -0.39 is 9.84 Å². The van der Waals surface area contributed by atoms with Crippen molar-refractivity contribution in [2.75, 3.05) is 23.4 Å². The van der Waals surface area contributed by atoms with Gasteiger partial charge in [-0.15, -0.1) is 24.0 Å². The summed E-state index contributed by atoms with van der Waals surface area (Å²) >= 11 is 0. The van der Waals surface area contributed by atoms with E-state index in [1.54, 1.807) is 0 Å². The topological polar surface area (TPSA) is 84.5 Å². The maximum absolute atomic E-state index is 11.5. The Hall–Kier alpha value is -0.830. The van der Waals surface area contributed by atoms with Crippen LogP contribution >= 0.6 is 24.0 Å². The van der Waals surface area contributed by atoms with Gasteiger partial charge in [0.1, 0.15) is 0 Å². The fourth-order valence-electron chi connectivity index (χ4n) is 2.40. The third-order valence-electron chi connectivity index (χ3n) is 3.37. The number of benzene rings is 1. The summed E-state index contributed by atoms with van der Waals surface area (Å²) in [4.78, 5) is 4.26. The molecule has 0 bridgehead atoms. The van der Waals surface area contributed by atoms with Crippen LogP contribution in [0, 0.1) is 12.8 Å². The quantitative estimate of drug-likeness (QED) is 0.444. The van der Waals surface area contributed by atoms with Crippen LogP contribution in [-0.2, 0) is 9.84 Å². The number of nitrogens with zero attached hydrogens (tertiary/aromatic N) is 1. The van der Waals surface area contributed by atoms with Crippen LogP contribution in [0.1, 0.15) is 18.4 Å². The van der Waals surface area contributed by atoms with Crippen molar-refractivity contribution in [2.45, 2.75) is 19.8 Å². The normalized spacial score (nSPS) is 21.4. The summed E-state index contributed by atoms with van der Waals surface area (Å²) in [6, 6.07) is 7.85. The lowest BCUT2D eigenvalue weighted by molar-refractivity contribution is 0.494. The van der Waals surface area contributed by atoms with Crippen LogP contribution < -0.4 is 11.1 Å². The Morgan fingerprint density at radius 3 is 2.90 bits per heavy atom. The molecule has 7 heteroatoms. The molecule has 21 heavy (non-hydrogen) atoms. The molecule has 0 radical (unpaired) electrons. The molecular formula is C14H22IN3O2S. The van der Waals surface area contributed by atoms with E-state index in [2.05, 4.69) is 10.3 Å². The van der Waals surface area contributed by atoms with Gasteiger partial charge in [0, 0.05) is 12.2 Å².